The molecule has 0 aromatic heterocycles. The van der Waals surface area contributed by atoms with Crippen molar-refractivity contribution in [2.45, 2.75) is 6.54 Å². The maximum atomic E-state index is 13.6. The summed E-state index contributed by atoms with van der Waals surface area (Å²) in [6, 6.07) is 12.4. The molecule has 0 aliphatic carbocycles. The molecule has 0 saturated carbocycles. The summed E-state index contributed by atoms with van der Waals surface area (Å²) >= 11 is 3.37. The number of benzene rings is 2. The average Bonchev–Trinajstić information content (AvgIpc) is 2.33. The van der Waals surface area contributed by atoms with Crippen molar-refractivity contribution in [1.29, 1.82) is 0 Å². The van der Waals surface area contributed by atoms with Crippen LogP contribution < -0.4 is 10.6 Å². The van der Waals surface area contributed by atoms with Crippen molar-refractivity contribution < 1.29 is 4.39 Å². The van der Waals surface area contributed by atoms with Gasteiger partial charge in [-0.05, 0) is 29.8 Å². The summed E-state index contributed by atoms with van der Waals surface area (Å²) in [4.78, 5) is 1.84. The van der Waals surface area contributed by atoms with Crippen LogP contribution >= 0.6 is 15.9 Å². The third-order valence-corrected chi connectivity index (χ3v) is 3.27. The Balaban J connectivity index is 2.21. The normalized spacial score (nSPS) is 10.4. The zero-order valence-electron chi connectivity index (χ0n) is 10.0. The predicted octanol–water partition coefficient (Wildman–Crippen LogP) is 3.81. The molecule has 0 radical (unpaired) electrons. The molecular formula is C14H14BrFN2. The van der Waals surface area contributed by atoms with E-state index in [1.807, 2.05) is 36.2 Å². The standard InChI is InChI=1S/C14H14BrFN2/c1-18(14-5-3-2-4-12(14)16)9-10-6-7-11(15)8-13(10)17/h2-8H,9,17H2,1H3. The van der Waals surface area contributed by atoms with Crippen molar-refractivity contribution in [2.24, 2.45) is 0 Å². The molecule has 0 heterocycles. The van der Waals surface area contributed by atoms with Gasteiger partial charge >= 0.3 is 0 Å². The average molecular weight is 309 g/mol. The van der Waals surface area contributed by atoms with Gasteiger partial charge in [0.15, 0.2) is 0 Å². The fourth-order valence-corrected chi connectivity index (χ4v) is 2.19. The summed E-state index contributed by atoms with van der Waals surface area (Å²) in [7, 11) is 1.85. The predicted molar refractivity (Wildman–Crippen MR) is 77.1 cm³/mol. The van der Waals surface area contributed by atoms with Crippen LogP contribution in [0.5, 0.6) is 0 Å². The Bertz CT molecular complexity index is 557. The van der Waals surface area contributed by atoms with Gasteiger partial charge in [-0.25, -0.2) is 4.39 Å². The van der Waals surface area contributed by atoms with E-state index in [2.05, 4.69) is 15.9 Å². The Hall–Kier alpha value is -1.55. The third-order valence-electron chi connectivity index (χ3n) is 2.78. The van der Waals surface area contributed by atoms with Gasteiger partial charge in [0.25, 0.3) is 0 Å². The first kappa shape index (κ1) is 12.9. The van der Waals surface area contributed by atoms with Crippen LogP contribution in [0.25, 0.3) is 0 Å². The Morgan fingerprint density at radius 2 is 1.94 bits per heavy atom. The molecule has 2 rings (SSSR count). The highest BCUT2D eigenvalue weighted by molar-refractivity contribution is 9.10. The van der Waals surface area contributed by atoms with Gasteiger partial charge in [0.1, 0.15) is 5.82 Å². The number of nitrogens with zero attached hydrogens (tertiary/aromatic N) is 1. The summed E-state index contributed by atoms with van der Waals surface area (Å²) in [6.07, 6.45) is 0. The topological polar surface area (TPSA) is 29.3 Å². The van der Waals surface area contributed by atoms with E-state index in [0.717, 1.165) is 10.0 Å². The number of rotatable bonds is 3. The first-order valence-corrected chi connectivity index (χ1v) is 6.37. The lowest BCUT2D eigenvalue weighted by molar-refractivity contribution is 0.622. The number of nitrogen functional groups attached to an aromatic ring is 1. The van der Waals surface area contributed by atoms with Crippen LogP contribution in [0.2, 0.25) is 0 Å². The van der Waals surface area contributed by atoms with Crippen molar-refractivity contribution >= 4 is 27.3 Å². The molecular weight excluding hydrogens is 295 g/mol. The number of anilines is 2. The van der Waals surface area contributed by atoms with E-state index >= 15 is 0 Å². The largest absolute Gasteiger partial charge is 0.398 e. The van der Waals surface area contributed by atoms with Gasteiger partial charge in [0, 0.05) is 23.8 Å². The molecule has 0 fully saturated rings. The highest BCUT2D eigenvalue weighted by atomic mass is 79.9. The molecule has 2 aromatic rings. The highest BCUT2D eigenvalue weighted by Crippen LogP contribution is 2.23. The highest BCUT2D eigenvalue weighted by Gasteiger charge is 2.08. The SMILES string of the molecule is CN(Cc1ccc(Br)cc1N)c1ccccc1F. The van der Waals surface area contributed by atoms with Crippen LogP contribution in [-0.4, -0.2) is 7.05 Å². The molecule has 94 valence electrons. The fraction of sp³-hybridized carbons (Fsp3) is 0.143. The number of halogens is 2. The zero-order chi connectivity index (χ0) is 13.1. The lowest BCUT2D eigenvalue weighted by atomic mass is 10.1. The zero-order valence-corrected chi connectivity index (χ0v) is 11.6. The first-order valence-electron chi connectivity index (χ1n) is 5.57. The second kappa shape index (κ2) is 5.40. The van der Waals surface area contributed by atoms with E-state index in [1.165, 1.54) is 6.07 Å². The summed E-state index contributed by atoms with van der Waals surface area (Å²) < 4.78 is 14.6. The molecule has 2 N–H and O–H groups in total. The van der Waals surface area contributed by atoms with Crippen LogP contribution in [0.15, 0.2) is 46.9 Å². The number of hydrogen-bond acceptors (Lipinski definition) is 2. The van der Waals surface area contributed by atoms with E-state index in [1.54, 1.807) is 12.1 Å². The Morgan fingerprint density at radius 3 is 2.61 bits per heavy atom. The fourth-order valence-electron chi connectivity index (χ4n) is 1.81. The Labute approximate surface area is 114 Å². The van der Waals surface area contributed by atoms with Gasteiger partial charge < -0.3 is 10.6 Å². The second-order valence-electron chi connectivity index (χ2n) is 4.15. The molecule has 4 heteroatoms. The minimum atomic E-state index is -0.226. The third kappa shape index (κ3) is 2.82. The van der Waals surface area contributed by atoms with Crippen LogP contribution in [0.3, 0.4) is 0 Å². The van der Waals surface area contributed by atoms with E-state index in [0.29, 0.717) is 17.9 Å². The van der Waals surface area contributed by atoms with Gasteiger partial charge in [0.05, 0.1) is 5.69 Å². The van der Waals surface area contributed by atoms with Crippen molar-refractivity contribution in [3.63, 3.8) is 0 Å². The van der Waals surface area contributed by atoms with Crippen molar-refractivity contribution in [3.05, 3.63) is 58.3 Å². The van der Waals surface area contributed by atoms with Crippen molar-refractivity contribution in [2.75, 3.05) is 17.7 Å². The molecule has 2 aromatic carbocycles. The smallest absolute Gasteiger partial charge is 0.146 e. The molecule has 0 spiro atoms. The van der Waals surface area contributed by atoms with Crippen LogP contribution in [0, 0.1) is 5.82 Å². The minimum Gasteiger partial charge on any atom is -0.398 e. The van der Waals surface area contributed by atoms with Crippen LogP contribution in [0.1, 0.15) is 5.56 Å². The molecule has 0 saturated heterocycles. The van der Waals surface area contributed by atoms with Gasteiger partial charge in [-0.2, -0.15) is 0 Å². The molecule has 2 nitrogen and oxygen atoms in total. The molecule has 18 heavy (non-hydrogen) atoms. The van der Waals surface area contributed by atoms with E-state index in [-0.39, 0.29) is 5.82 Å². The first-order chi connectivity index (χ1) is 8.58. The molecule has 0 unspecified atom stereocenters. The molecule has 0 bridgehead atoms. The second-order valence-corrected chi connectivity index (χ2v) is 5.07. The van der Waals surface area contributed by atoms with Gasteiger partial charge in [-0.15, -0.1) is 0 Å². The number of hydrogen-bond donors (Lipinski definition) is 1. The monoisotopic (exact) mass is 308 g/mol. The summed E-state index contributed by atoms with van der Waals surface area (Å²) in [5, 5.41) is 0. The quantitative estimate of drug-likeness (QED) is 0.874. The molecule has 0 atom stereocenters. The minimum absolute atomic E-state index is 0.226. The molecule has 0 amide bonds. The Morgan fingerprint density at radius 1 is 1.22 bits per heavy atom. The van der Waals surface area contributed by atoms with E-state index in [9.17, 15) is 4.39 Å². The molecule has 0 aliphatic rings. The van der Waals surface area contributed by atoms with Gasteiger partial charge in [0.2, 0.25) is 0 Å². The molecule has 0 aliphatic heterocycles. The Kier molecular flexibility index (Phi) is 3.87. The van der Waals surface area contributed by atoms with E-state index < -0.39 is 0 Å². The van der Waals surface area contributed by atoms with Gasteiger partial charge in [-0.3, -0.25) is 0 Å². The summed E-state index contributed by atoms with van der Waals surface area (Å²) in [6.45, 7) is 0.569. The number of para-hydroxylation sites is 1. The van der Waals surface area contributed by atoms with Crippen LogP contribution in [-0.2, 0) is 6.54 Å². The van der Waals surface area contributed by atoms with Gasteiger partial charge in [-0.1, -0.05) is 34.1 Å². The number of nitrogens with two attached hydrogens (primary N) is 1. The maximum absolute atomic E-state index is 13.6. The van der Waals surface area contributed by atoms with E-state index in [4.69, 9.17) is 5.73 Å². The van der Waals surface area contributed by atoms with Crippen LogP contribution in [0.4, 0.5) is 15.8 Å². The van der Waals surface area contributed by atoms with Crippen molar-refractivity contribution in [3.8, 4) is 0 Å². The summed E-state index contributed by atoms with van der Waals surface area (Å²) in [5.41, 5.74) is 8.18. The summed E-state index contributed by atoms with van der Waals surface area (Å²) in [5.74, 6) is -0.226. The maximum Gasteiger partial charge on any atom is 0.146 e. The lowest BCUT2D eigenvalue weighted by Crippen LogP contribution is -2.18. The lowest BCUT2D eigenvalue weighted by Gasteiger charge is -2.21. The van der Waals surface area contributed by atoms with Crippen molar-refractivity contribution in [1.82, 2.24) is 0 Å².